The number of fused-ring (bicyclic) bond motifs is 1. The quantitative estimate of drug-likeness (QED) is 0.185. The molecule has 2 saturated heterocycles. The normalized spacial score (nSPS) is 22.5. The average molecular weight is 479 g/mol. The molecule has 2 aliphatic rings. The molecule has 0 bridgehead atoms. The summed E-state index contributed by atoms with van der Waals surface area (Å²) in [6.07, 6.45) is 20.7. The third-order valence-electron chi connectivity index (χ3n) is 7.81. The third-order valence-corrected chi connectivity index (χ3v) is 7.81. The van der Waals surface area contributed by atoms with Crippen LogP contribution < -0.4 is 0 Å². The van der Waals surface area contributed by atoms with Crippen molar-refractivity contribution in [3.63, 3.8) is 0 Å². The molecule has 2 fully saturated rings. The number of rotatable bonds is 18. The number of unbranched alkanes of at least 4 members (excludes halogenated alkanes) is 10. The molecule has 0 saturated carbocycles. The summed E-state index contributed by atoms with van der Waals surface area (Å²) in [5, 5.41) is 8.32. The van der Waals surface area contributed by atoms with Gasteiger partial charge in [-0.2, -0.15) is 5.26 Å². The van der Waals surface area contributed by atoms with Crippen LogP contribution in [0.2, 0.25) is 0 Å². The first-order valence-electron chi connectivity index (χ1n) is 14.9. The van der Waals surface area contributed by atoms with E-state index in [0.717, 1.165) is 50.4 Å². The summed E-state index contributed by atoms with van der Waals surface area (Å²) in [6.45, 7) is 14.5. The molecule has 0 aromatic rings. The minimum atomic E-state index is -0.0413. The molecule has 2 aliphatic heterocycles. The number of hydrogen-bond donors (Lipinski definition) is 0. The highest BCUT2D eigenvalue weighted by Gasteiger charge is 2.42. The van der Waals surface area contributed by atoms with Gasteiger partial charge in [-0.25, -0.2) is 4.90 Å². The SMILES string of the molecule is CCCCC(C)CC(CC(C)CC)C1COC2OCCN21.CCCCCCCCCCCC#N. The Kier molecular flexibility index (Phi) is 19.0. The van der Waals surface area contributed by atoms with Crippen LogP contribution in [-0.4, -0.2) is 37.1 Å². The summed E-state index contributed by atoms with van der Waals surface area (Å²) >= 11 is 0. The van der Waals surface area contributed by atoms with Crippen LogP contribution >= 0.6 is 0 Å². The maximum Gasteiger partial charge on any atom is 0.219 e. The van der Waals surface area contributed by atoms with Crippen LogP contribution in [0.5, 0.6) is 0 Å². The highest BCUT2D eigenvalue weighted by molar-refractivity contribution is 4.87. The van der Waals surface area contributed by atoms with Crippen LogP contribution in [0, 0.1) is 29.1 Å². The lowest BCUT2D eigenvalue weighted by atomic mass is 9.81. The van der Waals surface area contributed by atoms with E-state index >= 15 is 0 Å². The van der Waals surface area contributed by atoms with E-state index in [1.807, 2.05) is 0 Å². The Morgan fingerprint density at radius 3 is 2.06 bits per heavy atom. The summed E-state index contributed by atoms with van der Waals surface area (Å²) in [4.78, 5) is 2.47. The molecule has 4 heteroatoms. The van der Waals surface area contributed by atoms with Crippen LogP contribution in [0.4, 0.5) is 0 Å². The Morgan fingerprint density at radius 2 is 1.44 bits per heavy atom. The Labute approximate surface area is 213 Å². The first-order chi connectivity index (χ1) is 16.6. The van der Waals surface area contributed by atoms with Crippen LogP contribution in [0.3, 0.4) is 0 Å². The number of nitriles is 1. The van der Waals surface area contributed by atoms with Crippen molar-refractivity contribution >= 4 is 0 Å². The molecule has 5 atom stereocenters. The molecule has 0 amide bonds. The predicted molar refractivity (Wildman–Crippen MR) is 145 cm³/mol. The lowest BCUT2D eigenvalue weighted by Gasteiger charge is -2.32. The smallest absolute Gasteiger partial charge is 0.219 e. The first kappa shape index (κ1) is 31.4. The second-order valence-electron chi connectivity index (χ2n) is 11.0. The molecule has 2 heterocycles. The molecular weight excluding hydrogens is 420 g/mol. The highest BCUT2D eigenvalue weighted by Crippen LogP contribution is 2.35. The van der Waals surface area contributed by atoms with E-state index in [1.165, 1.54) is 89.9 Å². The Balaban J connectivity index is 0.000000385. The van der Waals surface area contributed by atoms with E-state index in [2.05, 4.69) is 45.6 Å². The standard InChI is InChI=1S/C18H35NO2.C12H23N/c1-5-7-8-15(4)12-16(11-14(3)6-2)17-13-21-18-19(17)9-10-20-18;1-2-3-4-5-6-7-8-9-10-11-12-13/h14-18H,5-13H2,1-4H3;2-11H2,1H3. The van der Waals surface area contributed by atoms with E-state index < -0.39 is 0 Å². The van der Waals surface area contributed by atoms with Crippen LogP contribution in [-0.2, 0) is 9.47 Å². The fourth-order valence-corrected chi connectivity index (χ4v) is 5.41. The van der Waals surface area contributed by atoms with Gasteiger partial charge in [0, 0.05) is 19.0 Å². The van der Waals surface area contributed by atoms with Gasteiger partial charge in [0.1, 0.15) is 0 Å². The van der Waals surface area contributed by atoms with Gasteiger partial charge >= 0.3 is 0 Å². The zero-order valence-corrected chi connectivity index (χ0v) is 23.5. The van der Waals surface area contributed by atoms with Crippen LogP contribution in [0.25, 0.3) is 0 Å². The van der Waals surface area contributed by atoms with Crippen LogP contribution in [0.1, 0.15) is 137 Å². The topological polar surface area (TPSA) is 45.5 Å². The number of hydrogen-bond acceptors (Lipinski definition) is 4. The second-order valence-corrected chi connectivity index (χ2v) is 11.0. The molecule has 4 nitrogen and oxygen atoms in total. The van der Waals surface area contributed by atoms with Crippen molar-refractivity contribution in [3.05, 3.63) is 0 Å². The van der Waals surface area contributed by atoms with E-state index in [4.69, 9.17) is 14.7 Å². The second kappa shape index (κ2) is 20.6. The molecular formula is C30H58N2O2. The van der Waals surface area contributed by atoms with Gasteiger partial charge in [0.15, 0.2) is 0 Å². The summed E-state index contributed by atoms with van der Waals surface area (Å²) < 4.78 is 11.5. The van der Waals surface area contributed by atoms with Crippen molar-refractivity contribution in [2.24, 2.45) is 17.8 Å². The van der Waals surface area contributed by atoms with E-state index in [1.54, 1.807) is 0 Å². The largest absolute Gasteiger partial charge is 0.338 e. The molecule has 34 heavy (non-hydrogen) atoms. The fraction of sp³-hybridized carbons (Fsp3) is 0.967. The molecule has 5 unspecified atom stereocenters. The van der Waals surface area contributed by atoms with E-state index in [9.17, 15) is 0 Å². The maximum atomic E-state index is 8.32. The van der Waals surface area contributed by atoms with E-state index in [-0.39, 0.29) is 6.41 Å². The van der Waals surface area contributed by atoms with Gasteiger partial charge in [0.05, 0.1) is 19.3 Å². The Bertz CT molecular complexity index is 507. The molecule has 0 aromatic heterocycles. The zero-order chi connectivity index (χ0) is 25.0. The summed E-state index contributed by atoms with van der Waals surface area (Å²) in [6, 6.07) is 2.77. The molecule has 0 spiro atoms. The number of ether oxygens (including phenoxy) is 2. The van der Waals surface area contributed by atoms with Crippen LogP contribution in [0.15, 0.2) is 0 Å². The van der Waals surface area contributed by atoms with Crippen molar-refractivity contribution in [1.29, 1.82) is 5.26 Å². The lowest BCUT2D eigenvalue weighted by molar-refractivity contribution is -0.123. The third kappa shape index (κ3) is 13.5. The lowest BCUT2D eigenvalue weighted by Crippen LogP contribution is -2.40. The molecule has 0 N–H and O–H groups in total. The van der Waals surface area contributed by atoms with Crippen molar-refractivity contribution in [3.8, 4) is 6.07 Å². The molecule has 200 valence electrons. The van der Waals surface area contributed by atoms with E-state index in [0.29, 0.717) is 6.04 Å². The van der Waals surface area contributed by atoms with Crippen molar-refractivity contribution in [2.75, 3.05) is 19.8 Å². The maximum absolute atomic E-state index is 8.32. The number of nitrogens with zero attached hydrogens (tertiary/aromatic N) is 2. The van der Waals surface area contributed by atoms with Gasteiger partial charge in [-0.1, -0.05) is 112 Å². The Hall–Kier alpha value is -0.630. The monoisotopic (exact) mass is 478 g/mol. The molecule has 2 rings (SSSR count). The minimum absolute atomic E-state index is 0.0413. The van der Waals surface area contributed by atoms with Crippen molar-refractivity contribution in [1.82, 2.24) is 4.90 Å². The average Bonchev–Trinajstić information content (AvgIpc) is 3.46. The summed E-state index contributed by atoms with van der Waals surface area (Å²) in [7, 11) is 0. The van der Waals surface area contributed by atoms with Gasteiger partial charge in [-0.15, -0.1) is 0 Å². The van der Waals surface area contributed by atoms with Gasteiger partial charge in [-0.05, 0) is 37.0 Å². The van der Waals surface area contributed by atoms with Gasteiger partial charge < -0.3 is 9.47 Å². The van der Waals surface area contributed by atoms with Crippen molar-refractivity contribution in [2.45, 2.75) is 150 Å². The fourth-order valence-electron chi connectivity index (χ4n) is 5.41. The summed E-state index contributed by atoms with van der Waals surface area (Å²) in [5.74, 6) is 2.41. The molecule has 0 aromatic carbocycles. The highest BCUT2D eigenvalue weighted by atomic mass is 16.7. The first-order valence-corrected chi connectivity index (χ1v) is 14.9. The minimum Gasteiger partial charge on any atom is -0.338 e. The zero-order valence-electron chi connectivity index (χ0n) is 23.5. The van der Waals surface area contributed by atoms with Gasteiger partial charge in [0.25, 0.3) is 0 Å². The summed E-state index contributed by atoms with van der Waals surface area (Å²) in [5.41, 5.74) is 0. The Morgan fingerprint density at radius 1 is 0.824 bits per heavy atom. The predicted octanol–water partition coefficient (Wildman–Crippen LogP) is 8.70. The molecule has 0 aliphatic carbocycles. The van der Waals surface area contributed by atoms with Gasteiger partial charge in [-0.3, -0.25) is 0 Å². The van der Waals surface area contributed by atoms with Gasteiger partial charge in [0.2, 0.25) is 6.41 Å². The molecule has 0 radical (unpaired) electrons. The van der Waals surface area contributed by atoms with Crippen molar-refractivity contribution < 1.29 is 9.47 Å².